The zero-order valence-electron chi connectivity index (χ0n) is 7.27. The van der Waals surface area contributed by atoms with Crippen molar-refractivity contribution in [2.45, 2.75) is 39.0 Å². The van der Waals surface area contributed by atoms with Crippen molar-refractivity contribution in [1.29, 1.82) is 0 Å². The molecule has 6 rings (SSSR count). The van der Waals surface area contributed by atoms with Crippen molar-refractivity contribution in [2.24, 2.45) is 28.6 Å². The van der Waals surface area contributed by atoms with Crippen LogP contribution in [0.25, 0.3) is 0 Å². The number of rotatable bonds is 0. The molecular weight excluding hydrogens is 132 g/mol. The van der Waals surface area contributed by atoms with Gasteiger partial charge in [-0.25, -0.2) is 0 Å². The summed E-state index contributed by atoms with van der Waals surface area (Å²) in [5.41, 5.74) is 1.81. The Kier molecular flexibility index (Phi) is 0.611. The topological polar surface area (TPSA) is 0 Å². The lowest BCUT2D eigenvalue weighted by Crippen LogP contribution is -2.52. The van der Waals surface area contributed by atoms with Gasteiger partial charge < -0.3 is 0 Å². The van der Waals surface area contributed by atoms with Crippen LogP contribution in [-0.4, -0.2) is 0 Å². The fraction of sp³-hybridized carbons (Fsp3) is 1.00. The molecule has 0 radical (unpaired) electrons. The van der Waals surface area contributed by atoms with E-state index in [0.717, 1.165) is 16.7 Å². The molecule has 3 atom stereocenters. The first-order chi connectivity index (χ1) is 5.25. The average molecular weight is 148 g/mol. The van der Waals surface area contributed by atoms with Crippen LogP contribution in [-0.2, 0) is 0 Å². The number of hydrogen-bond acceptors (Lipinski definition) is 0. The fourth-order valence-electron chi connectivity index (χ4n) is 5.39. The predicted octanol–water partition coefficient (Wildman–Crippen LogP) is 2.83. The molecule has 6 saturated carbocycles. The Morgan fingerprint density at radius 3 is 2.36 bits per heavy atom. The first-order valence-corrected chi connectivity index (χ1v) is 5.25. The van der Waals surface area contributed by atoms with Gasteiger partial charge >= 0.3 is 0 Å². The molecular formula is C11H16. The van der Waals surface area contributed by atoms with E-state index in [4.69, 9.17) is 0 Å². The summed E-state index contributed by atoms with van der Waals surface area (Å²) in [6.07, 6.45) is 8.07. The summed E-state index contributed by atoms with van der Waals surface area (Å²) < 4.78 is 0. The lowest BCUT2D eigenvalue weighted by atomic mass is 9.44. The van der Waals surface area contributed by atoms with E-state index in [1.807, 2.05) is 0 Å². The average Bonchev–Trinajstić information content (AvgIpc) is 2.60. The maximum atomic E-state index is 2.57. The second kappa shape index (κ2) is 1.20. The Morgan fingerprint density at radius 2 is 1.82 bits per heavy atom. The van der Waals surface area contributed by atoms with Gasteiger partial charge in [-0.05, 0) is 60.7 Å². The van der Waals surface area contributed by atoms with Gasteiger partial charge in [-0.2, -0.15) is 0 Å². The molecule has 6 fully saturated rings. The van der Waals surface area contributed by atoms with Crippen LogP contribution in [0.3, 0.4) is 0 Å². The SMILES string of the molecule is CC12CC3CC4CC(C3)C41C2. The molecule has 1 spiro atoms. The molecule has 0 aromatic carbocycles. The third-order valence-electron chi connectivity index (χ3n) is 5.68. The van der Waals surface area contributed by atoms with Gasteiger partial charge in [0.15, 0.2) is 0 Å². The van der Waals surface area contributed by atoms with Gasteiger partial charge in [-0.3, -0.25) is 0 Å². The molecule has 11 heavy (non-hydrogen) atoms. The highest BCUT2D eigenvalue weighted by molar-refractivity contribution is 5.28. The van der Waals surface area contributed by atoms with Crippen molar-refractivity contribution in [3.63, 3.8) is 0 Å². The molecule has 60 valence electrons. The van der Waals surface area contributed by atoms with Crippen molar-refractivity contribution in [1.82, 2.24) is 0 Å². The highest BCUT2D eigenvalue weighted by atomic mass is 14.8. The molecule has 3 unspecified atom stereocenters. The summed E-state index contributed by atoms with van der Waals surface area (Å²) in [5, 5.41) is 0. The van der Waals surface area contributed by atoms with E-state index in [2.05, 4.69) is 6.92 Å². The Labute approximate surface area is 68.4 Å². The quantitative estimate of drug-likeness (QED) is 0.495. The second-order valence-electron chi connectivity index (χ2n) is 5.95. The molecule has 0 heteroatoms. The predicted molar refractivity (Wildman–Crippen MR) is 44.1 cm³/mol. The lowest BCUT2D eigenvalue weighted by molar-refractivity contribution is -0.113. The second-order valence-corrected chi connectivity index (χ2v) is 5.95. The van der Waals surface area contributed by atoms with Crippen LogP contribution in [0, 0.1) is 28.6 Å². The normalized spacial score (nSPS) is 75.5. The molecule has 6 aliphatic carbocycles. The first kappa shape index (κ1) is 5.61. The summed E-state index contributed by atoms with van der Waals surface area (Å²) >= 11 is 0. The summed E-state index contributed by atoms with van der Waals surface area (Å²) in [5.74, 6) is 3.56. The minimum absolute atomic E-state index is 0.863. The van der Waals surface area contributed by atoms with Crippen LogP contribution < -0.4 is 0 Å². The minimum Gasteiger partial charge on any atom is -0.0591 e. The summed E-state index contributed by atoms with van der Waals surface area (Å²) in [4.78, 5) is 0. The molecule has 0 amide bonds. The van der Waals surface area contributed by atoms with Crippen LogP contribution in [0.2, 0.25) is 0 Å². The molecule has 0 aromatic rings. The third-order valence-corrected chi connectivity index (χ3v) is 5.68. The van der Waals surface area contributed by atoms with Gasteiger partial charge in [0.05, 0.1) is 0 Å². The van der Waals surface area contributed by atoms with Crippen molar-refractivity contribution in [2.75, 3.05) is 0 Å². The third kappa shape index (κ3) is 0.363. The zero-order valence-corrected chi connectivity index (χ0v) is 7.27. The standard InChI is InChI=1S/C11H16/c1-10-5-7-2-8-4-9(3-7)11(8,10)6-10/h7-9H,2-6H2,1H3. The van der Waals surface area contributed by atoms with Crippen LogP contribution in [0.5, 0.6) is 0 Å². The van der Waals surface area contributed by atoms with Crippen molar-refractivity contribution in [3.05, 3.63) is 0 Å². The van der Waals surface area contributed by atoms with Crippen LogP contribution in [0.1, 0.15) is 39.0 Å². The van der Waals surface area contributed by atoms with E-state index < -0.39 is 0 Å². The smallest absolute Gasteiger partial charge is 0.0181 e. The number of hydrogen-bond donors (Lipinski definition) is 0. The van der Waals surface area contributed by atoms with Crippen LogP contribution in [0.15, 0.2) is 0 Å². The first-order valence-electron chi connectivity index (χ1n) is 5.25. The van der Waals surface area contributed by atoms with Gasteiger partial charge in [0.25, 0.3) is 0 Å². The highest BCUT2D eigenvalue weighted by Crippen LogP contribution is 2.88. The van der Waals surface area contributed by atoms with Crippen molar-refractivity contribution < 1.29 is 0 Å². The van der Waals surface area contributed by atoms with E-state index in [1.165, 1.54) is 11.8 Å². The van der Waals surface area contributed by atoms with Crippen molar-refractivity contribution >= 4 is 0 Å². The highest BCUT2D eigenvalue weighted by Gasteiger charge is 2.80. The summed E-state index contributed by atoms with van der Waals surface area (Å²) in [6.45, 7) is 2.57. The van der Waals surface area contributed by atoms with Gasteiger partial charge in [0.1, 0.15) is 0 Å². The lowest BCUT2D eigenvalue weighted by Gasteiger charge is -2.60. The minimum atomic E-state index is 0.863. The fourth-order valence-corrected chi connectivity index (χ4v) is 5.39. The maximum Gasteiger partial charge on any atom is -0.0181 e. The Morgan fingerprint density at radius 1 is 1.09 bits per heavy atom. The molecule has 0 nitrogen and oxygen atoms in total. The summed E-state index contributed by atoms with van der Waals surface area (Å²) in [6, 6.07) is 0. The zero-order chi connectivity index (χ0) is 7.27. The molecule has 6 aliphatic rings. The van der Waals surface area contributed by atoms with E-state index >= 15 is 0 Å². The van der Waals surface area contributed by atoms with E-state index in [-0.39, 0.29) is 0 Å². The van der Waals surface area contributed by atoms with E-state index in [9.17, 15) is 0 Å². The Hall–Kier alpha value is 0. The molecule has 0 aromatic heterocycles. The van der Waals surface area contributed by atoms with Crippen LogP contribution in [0.4, 0.5) is 0 Å². The van der Waals surface area contributed by atoms with Gasteiger partial charge in [0.2, 0.25) is 0 Å². The van der Waals surface area contributed by atoms with E-state index in [1.54, 1.807) is 32.1 Å². The molecule has 0 aliphatic heterocycles. The van der Waals surface area contributed by atoms with Gasteiger partial charge in [0, 0.05) is 0 Å². The van der Waals surface area contributed by atoms with Crippen molar-refractivity contribution in [3.8, 4) is 0 Å². The molecule has 0 saturated heterocycles. The van der Waals surface area contributed by atoms with Gasteiger partial charge in [-0.1, -0.05) is 6.92 Å². The Balaban J connectivity index is 1.90. The molecule has 0 heterocycles. The summed E-state index contributed by atoms with van der Waals surface area (Å²) in [7, 11) is 0. The van der Waals surface area contributed by atoms with Gasteiger partial charge in [-0.15, -0.1) is 0 Å². The Bertz CT molecular complexity index is 230. The molecule has 0 N–H and O–H groups in total. The largest absolute Gasteiger partial charge is 0.0591 e. The monoisotopic (exact) mass is 148 g/mol. The van der Waals surface area contributed by atoms with Crippen LogP contribution >= 0.6 is 0 Å². The maximum absolute atomic E-state index is 2.57. The van der Waals surface area contributed by atoms with E-state index in [0.29, 0.717) is 0 Å². The molecule has 4 bridgehead atoms.